The first-order valence-corrected chi connectivity index (χ1v) is 9.14. The Hall–Kier alpha value is -1.07. The maximum absolute atomic E-state index is 6.14. The van der Waals surface area contributed by atoms with Gasteiger partial charge in [0.25, 0.3) is 0 Å². The van der Waals surface area contributed by atoms with E-state index in [1.807, 2.05) is 22.9 Å². The van der Waals surface area contributed by atoms with Gasteiger partial charge in [0.05, 0.1) is 28.5 Å². The molecule has 3 rings (SSSR count). The maximum Gasteiger partial charge on any atom is 0.0953 e. The lowest BCUT2D eigenvalue weighted by atomic mass is 10.1. The summed E-state index contributed by atoms with van der Waals surface area (Å²) in [6.07, 6.45) is 3.29. The van der Waals surface area contributed by atoms with E-state index in [-0.39, 0.29) is 6.10 Å². The average Bonchev–Trinajstić information content (AvgIpc) is 2.90. The monoisotopic (exact) mass is 367 g/mol. The van der Waals surface area contributed by atoms with Crippen LogP contribution >= 0.6 is 23.2 Å². The van der Waals surface area contributed by atoms with Gasteiger partial charge in [0.1, 0.15) is 0 Å². The van der Waals surface area contributed by atoms with E-state index in [9.17, 15) is 0 Å². The quantitative estimate of drug-likeness (QED) is 0.780. The van der Waals surface area contributed by atoms with E-state index >= 15 is 0 Å². The molecule has 0 spiro atoms. The Morgan fingerprint density at radius 2 is 2.12 bits per heavy atom. The summed E-state index contributed by atoms with van der Waals surface area (Å²) >= 11 is 12.1. The van der Waals surface area contributed by atoms with Crippen LogP contribution in [0.2, 0.25) is 10.0 Å². The van der Waals surface area contributed by atoms with Crippen molar-refractivity contribution in [2.45, 2.75) is 39.5 Å². The fraction of sp³-hybridized carbons (Fsp3) is 0.500. The third-order valence-electron chi connectivity index (χ3n) is 4.36. The van der Waals surface area contributed by atoms with Crippen molar-refractivity contribution in [3.63, 3.8) is 0 Å². The van der Waals surface area contributed by atoms with Crippen LogP contribution in [0.5, 0.6) is 0 Å². The first kappa shape index (κ1) is 17.7. The minimum absolute atomic E-state index is 0.0273. The van der Waals surface area contributed by atoms with Gasteiger partial charge in [0.2, 0.25) is 0 Å². The summed E-state index contributed by atoms with van der Waals surface area (Å²) in [7, 11) is 0. The molecule has 1 saturated heterocycles. The van der Waals surface area contributed by atoms with E-state index in [1.54, 1.807) is 0 Å². The van der Waals surface area contributed by atoms with Crippen molar-refractivity contribution >= 4 is 23.2 Å². The highest BCUT2D eigenvalue weighted by Crippen LogP contribution is 2.29. The summed E-state index contributed by atoms with van der Waals surface area (Å²) in [4.78, 5) is 2.41. The van der Waals surface area contributed by atoms with Crippen molar-refractivity contribution < 1.29 is 4.74 Å². The largest absolute Gasteiger partial charge is 0.371 e. The molecular formula is C18H23Cl2N3O. The topological polar surface area (TPSA) is 30.3 Å². The zero-order chi connectivity index (χ0) is 17.1. The van der Waals surface area contributed by atoms with Crippen molar-refractivity contribution in [2.75, 3.05) is 19.7 Å². The molecule has 0 saturated carbocycles. The lowest BCUT2D eigenvalue weighted by Crippen LogP contribution is -2.37. The van der Waals surface area contributed by atoms with E-state index in [0.29, 0.717) is 16.7 Å². The van der Waals surface area contributed by atoms with Gasteiger partial charge >= 0.3 is 0 Å². The summed E-state index contributed by atoms with van der Waals surface area (Å²) < 4.78 is 7.98. The van der Waals surface area contributed by atoms with Gasteiger partial charge in [-0.1, -0.05) is 36.2 Å². The Bertz CT molecular complexity index is 702. The number of hydrogen-bond donors (Lipinski definition) is 0. The Kier molecular flexibility index (Phi) is 5.82. The molecule has 1 aliphatic rings. The lowest BCUT2D eigenvalue weighted by Gasteiger charge is -2.33. The van der Waals surface area contributed by atoms with Gasteiger partial charge in [-0.25, -0.2) is 0 Å². The number of nitrogens with zero attached hydrogens (tertiary/aromatic N) is 3. The summed E-state index contributed by atoms with van der Waals surface area (Å²) in [6, 6.07) is 5.73. The van der Waals surface area contributed by atoms with Crippen LogP contribution in [0, 0.1) is 6.92 Å². The SMILES string of the molecule is CCCn1cc(CN2CCOC(c3ccc(Cl)c(Cl)c3)C2)c(C)n1. The standard InChI is InChI=1S/C18H23Cl2N3O/c1-3-6-23-11-15(13(2)21-23)10-22-7-8-24-18(12-22)14-4-5-16(19)17(20)9-14/h4-5,9,11,18H,3,6-8,10,12H2,1-2H3. The predicted octanol–water partition coefficient (Wildman–Crippen LogP) is 4.48. The molecule has 1 atom stereocenters. The van der Waals surface area contributed by atoms with Gasteiger partial charge in [-0.05, 0) is 31.0 Å². The van der Waals surface area contributed by atoms with Crippen molar-refractivity contribution in [3.05, 3.63) is 51.3 Å². The number of ether oxygens (including phenoxy) is 1. The lowest BCUT2D eigenvalue weighted by molar-refractivity contribution is -0.0329. The van der Waals surface area contributed by atoms with Gasteiger partial charge in [-0.15, -0.1) is 0 Å². The second-order valence-corrected chi connectivity index (χ2v) is 7.09. The van der Waals surface area contributed by atoms with Crippen molar-refractivity contribution in [3.8, 4) is 0 Å². The number of aryl methyl sites for hydroxylation is 2. The van der Waals surface area contributed by atoms with Gasteiger partial charge < -0.3 is 4.74 Å². The molecule has 0 radical (unpaired) electrons. The summed E-state index contributed by atoms with van der Waals surface area (Å²) in [5.41, 5.74) is 3.48. The molecule has 0 bridgehead atoms. The fourth-order valence-corrected chi connectivity index (χ4v) is 3.37. The Morgan fingerprint density at radius 3 is 2.88 bits per heavy atom. The second kappa shape index (κ2) is 7.87. The van der Waals surface area contributed by atoms with Crippen LogP contribution in [0.25, 0.3) is 0 Å². The number of aromatic nitrogens is 2. The number of benzene rings is 1. The van der Waals surface area contributed by atoms with Crippen LogP contribution in [0.4, 0.5) is 0 Å². The number of morpholine rings is 1. The molecule has 1 unspecified atom stereocenters. The van der Waals surface area contributed by atoms with Gasteiger partial charge in [0.15, 0.2) is 0 Å². The normalized spacial score (nSPS) is 18.9. The molecule has 1 fully saturated rings. The predicted molar refractivity (Wildman–Crippen MR) is 97.7 cm³/mol. The molecule has 1 aromatic heterocycles. The molecule has 0 N–H and O–H groups in total. The minimum atomic E-state index is 0.0273. The van der Waals surface area contributed by atoms with Gasteiger partial charge in [-0.2, -0.15) is 5.10 Å². The Balaban J connectivity index is 1.68. The van der Waals surface area contributed by atoms with E-state index in [0.717, 1.165) is 43.9 Å². The van der Waals surface area contributed by atoms with Crippen LogP contribution in [-0.4, -0.2) is 34.4 Å². The zero-order valence-corrected chi connectivity index (χ0v) is 15.6. The Labute approximate surface area is 153 Å². The molecular weight excluding hydrogens is 345 g/mol. The number of rotatable bonds is 5. The molecule has 0 aliphatic carbocycles. The third kappa shape index (κ3) is 4.12. The van der Waals surface area contributed by atoms with Gasteiger partial charge in [-0.3, -0.25) is 9.58 Å². The van der Waals surface area contributed by atoms with Crippen molar-refractivity contribution in [1.82, 2.24) is 14.7 Å². The van der Waals surface area contributed by atoms with Crippen LogP contribution in [-0.2, 0) is 17.8 Å². The first-order chi connectivity index (χ1) is 11.6. The van der Waals surface area contributed by atoms with E-state index in [4.69, 9.17) is 27.9 Å². The second-order valence-electron chi connectivity index (χ2n) is 6.27. The third-order valence-corrected chi connectivity index (χ3v) is 5.10. The molecule has 0 amide bonds. The van der Waals surface area contributed by atoms with Crippen LogP contribution < -0.4 is 0 Å². The van der Waals surface area contributed by atoms with Crippen LogP contribution in [0.15, 0.2) is 24.4 Å². The molecule has 24 heavy (non-hydrogen) atoms. The summed E-state index contributed by atoms with van der Waals surface area (Å²) in [5.74, 6) is 0. The molecule has 1 aliphatic heterocycles. The molecule has 1 aromatic carbocycles. The fourth-order valence-electron chi connectivity index (χ4n) is 3.06. The summed E-state index contributed by atoms with van der Waals surface area (Å²) in [5, 5.41) is 5.74. The Morgan fingerprint density at radius 1 is 1.29 bits per heavy atom. The zero-order valence-electron chi connectivity index (χ0n) is 14.1. The smallest absolute Gasteiger partial charge is 0.0953 e. The molecule has 6 heteroatoms. The minimum Gasteiger partial charge on any atom is -0.371 e. The highest BCUT2D eigenvalue weighted by molar-refractivity contribution is 6.42. The average molecular weight is 368 g/mol. The highest BCUT2D eigenvalue weighted by atomic mass is 35.5. The first-order valence-electron chi connectivity index (χ1n) is 8.38. The van der Waals surface area contributed by atoms with E-state index < -0.39 is 0 Å². The number of hydrogen-bond acceptors (Lipinski definition) is 3. The number of halogens is 2. The van der Waals surface area contributed by atoms with Crippen LogP contribution in [0.3, 0.4) is 0 Å². The molecule has 130 valence electrons. The molecule has 2 heterocycles. The van der Waals surface area contributed by atoms with Crippen LogP contribution in [0.1, 0.15) is 36.3 Å². The highest BCUT2D eigenvalue weighted by Gasteiger charge is 2.23. The summed E-state index contributed by atoms with van der Waals surface area (Å²) in [6.45, 7) is 8.60. The molecule has 4 nitrogen and oxygen atoms in total. The maximum atomic E-state index is 6.14. The van der Waals surface area contributed by atoms with Crippen molar-refractivity contribution in [1.29, 1.82) is 0 Å². The van der Waals surface area contributed by atoms with E-state index in [2.05, 4.69) is 30.0 Å². The van der Waals surface area contributed by atoms with Crippen molar-refractivity contribution in [2.24, 2.45) is 0 Å². The molecule has 2 aromatic rings. The van der Waals surface area contributed by atoms with Gasteiger partial charge in [0, 0.05) is 37.9 Å². The van der Waals surface area contributed by atoms with E-state index in [1.165, 1.54) is 5.56 Å².